The molecule has 1 aromatic carbocycles. The SMILES string of the molecule is CNCC(C)(O)c1ccc(S(=O)(=O)N(C)C)cc1. The lowest BCUT2D eigenvalue weighted by molar-refractivity contribution is 0.0591. The van der Waals surface area contributed by atoms with Crippen LogP contribution in [0.2, 0.25) is 0 Å². The summed E-state index contributed by atoms with van der Waals surface area (Å²) in [5.41, 5.74) is -0.343. The molecule has 18 heavy (non-hydrogen) atoms. The van der Waals surface area contributed by atoms with Gasteiger partial charge >= 0.3 is 0 Å². The summed E-state index contributed by atoms with van der Waals surface area (Å²) in [5, 5.41) is 13.1. The average molecular weight is 272 g/mol. The highest BCUT2D eigenvalue weighted by Crippen LogP contribution is 2.22. The van der Waals surface area contributed by atoms with Gasteiger partial charge < -0.3 is 10.4 Å². The monoisotopic (exact) mass is 272 g/mol. The van der Waals surface area contributed by atoms with Crippen molar-refractivity contribution < 1.29 is 13.5 Å². The molecule has 0 aromatic heterocycles. The van der Waals surface area contributed by atoms with Gasteiger partial charge in [0.25, 0.3) is 0 Å². The van der Waals surface area contributed by atoms with Gasteiger partial charge in [-0.1, -0.05) is 12.1 Å². The zero-order valence-corrected chi connectivity index (χ0v) is 12.0. The van der Waals surface area contributed by atoms with Crippen molar-refractivity contribution >= 4 is 10.0 Å². The van der Waals surface area contributed by atoms with E-state index < -0.39 is 15.6 Å². The highest BCUT2D eigenvalue weighted by atomic mass is 32.2. The van der Waals surface area contributed by atoms with Crippen molar-refractivity contribution in [3.05, 3.63) is 29.8 Å². The van der Waals surface area contributed by atoms with Crippen LogP contribution < -0.4 is 5.32 Å². The predicted octanol–water partition coefficient (Wildman–Crippen LogP) is 0.364. The van der Waals surface area contributed by atoms with E-state index >= 15 is 0 Å². The van der Waals surface area contributed by atoms with Crippen LogP contribution in [0.1, 0.15) is 12.5 Å². The summed E-state index contributed by atoms with van der Waals surface area (Å²) < 4.78 is 24.9. The Morgan fingerprint density at radius 3 is 2.17 bits per heavy atom. The van der Waals surface area contributed by atoms with Gasteiger partial charge in [-0.25, -0.2) is 12.7 Å². The number of sulfonamides is 1. The molecule has 1 aromatic rings. The van der Waals surface area contributed by atoms with Crippen LogP contribution in [-0.2, 0) is 15.6 Å². The maximum Gasteiger partial charge on any atom is 0.242 e. The number of hydrogen-bond acceptors (Lipinski definition) is 4. The van der Waals surface area contributed by atoms with Gasteiger partial charge in [-0.2, -0.15) is 0 Å². The lowest BCUT2D eigenvalue weighted by atomic mass is 9.96. The first-order chi connectivity index (χ1) is 8.21. The van der Waals surface area contributed by atoms with Gasteiger partial charge in [-0.15, -0.1) is 0 Å². The summed E-state index contributed by atoms with van der Waals surface area (Å²) in [4.78, 5) is 0.219. The summed E-state index contributed by atoms with van der Waals surface area (Å²) >= 11 is 0. The molecular weight excluding hydrogens is 252 g/mol. The minimum Gasteiger partial charge on any atom is -0.384 e. The molecule has 6 heteroatoms. The Balaban J connectivity index is 3.08. The van der Waals surface area contributed by atoms with Gasteiger partial charge in [0.15, 0.2) is 0 Å². The standard InChI is InChI=1S/C12H20N2O3S/c1-12(15,9-13-2)10-5-7-11(8-6-10)18(16,17)14(3)4/h5-8,13,15H,9H2,1-4H3. The molecule has 0 fully saturated rings. The molecule has 0 saturated carbocycles. The summed E-state index contributed by atoms with van der Waals surface area (Å²) in [6, 6.07) is 6.28. The van der Waals surface area contributed by atoms with Crippen LogP contribution in [0.4, 0.5) is 0 Å². The lowest BCUT2D eigenvalue weighted by Crippen LogP contribution is -2.33. The van der Waals surface area contributed by atoms with Crippen molar-refractivity contribution in [1.82, 2.24) is 9.62 Å². The van der Waals surface area contributed by atoms with Gasteiger partial charge in [0, 0.05) is 20.6 Å². The topological polar surface area (TPSA) is 69.6 Å². The van der Waals surface area contributed by atoms with Crippen molar-refractivity contribution in [3.8, 4) is 0 Å². The van der Waals surface area contributed by atoms with Crippen LogP contribution >= 0.6 is 0 Å². The molecule has 1 rings (SSSR count). The van der Waals surface area contributed by atoms with Crippen LogP contribution in [0.3, 0.4) is 0 Å². The number of likely N-dealkylation sites (N-methyl/N-ethyl adjacent to an activating group) is 1. The molecule has 102 valence electrons. The van der Waals surface area contributed by atoms with Crippen LogP contribution in [-0.4, -0.2) is 45.5 Å². The van der Waals surface area contributed by atoms with E-state index in [4.69, 9.17) is 0 Å². The van der Waals surface area contributed by atoms with Crippen LogP contribution in [0.5, 0.6) is 0 Å². The fourth-order valence-electron chi connectivity index (χ4n) is 1.64. The molecule has 0 bridgehead atoms. The van der Waals surface area contributed by atoms with Crippen molar-refractivity contribution in [2.75, 3.05) is 27.7 Å². The molecule has 1 unspecified atom stereocenters. The van der Waals surface area contributed by atoms with Gasteiger partial charge in [-0.3, -0.25) is 0 Å². The minimum atomic E-state index is -3.42. The minimum absolute atomic E-state index is 0.219. The smallest absolute Gasteiger partial charge is 0.242 e. The Labute approximate surface area is 108 Å². The van der Waals surface area contributed by atoms with E-state index in [0.29, 0.717) is 12.1 Å². The summed E-state index contributed by atoms with van der Waals surface area (Å²) in [7, 11) is 1.31. The Hall–Kier alpha value is -0.950. The third kappa shape index (κ3) is 3.08. The van der Waals surface area contributed by atoms with E-state index in [9.17, 15) is 13.5 Å². The largest absolute Gasteiger partial charge is 0.384 e. The Morgan fingerprint density at radius 1 is 1.28 bits per heavy atom. The Morgan fingerprint density at radius 2 is 1.78 bits per heavy atom. The Kier molecular flexibility index (Phi) is 4.50. The summed E-state index contributed by atoms with van der Waals surface area (Å²) in [6.07, 6.45) is 0. The zero-order valence-electron chi connectivity index (χ0n) is 11.1. The molecule has 0 spiro atoms. The number of aliphatic hydroxyl groups is 1. The molecule has 0 saturated heterocycles. The fraction of sp³-hybridized carbons (Fsp3) is 0.500. The van der Waals surface area contributed by atoms with E-state index in [0.717, 1.165) is 4.31 Å². The molecule has 0 heterocycles. The fourth-order valence-corrected chi connectivity index (χ4v) is 2.54. The van der Waals surface area contributed by atoms with Crippen LogP contribution in [0.15, 0.2) is 29.2 Å². The van der Waals surface area contributed by atoms with Crippen LogP contribution in [0, 0.1) is 0 Å². The van der Waals surface area contributed by atoms with Crippen molar-refractivity contribution in [2.24, 2.45) is 0 Å². The highest BCUT2D eigenvalue weighted by molar-refractivity contribution is 7.89. The predicted molar refractivity (Wildman–Crippen MR) is 70.8 cm³/mol. The summed E-state index contributed by atoms with van der Waals surface area (Å²) in [5.74, 6) is 0. The number of benzene rings is 1. The molecule has 0 aliphatic rings. The summed E-state index contributed by atoms with van der Waals surface area (Å²) in [6.45, 7) is 2.08. The molecule has 0 aliphatic carbocycles. The Bertz CT molecular complexity index is 493. The number of rotatable bonds is 5. The maximum atomic E-state index is 11.9. The second kappa shape index (κ2) is 5.36. The molecule has 2 N–H and O–H groups in total. The van der Waals surface area contributed by atoms with E-state index in [2.05, 4.69) is 5.32 Å². The number of nitrogens with one attached hydrogen (secondary N) is 1. The third-order valence-electron chi connectivity index (χ3n) is 2.78. The average Bonchev–Trinajstić information content (AvgIpc) is 2.29. The maximum absolute atomic E-state index is 11.9. The first kappa shape index (κ1) is 15.1. The molecule has 1 atom stereocenters. The van der Waals surface area contributed by atoms with Crippen molar-refractivity contribution in [1.29, 1.82) is 0 Å². The van der Waals surface area contributed by atoms with E-state index in [1.54, 1.807) is 26.1 Å². The van der Waals surface area contributed by atoms with Gasteiger partial charge in [0.1, 0.15) is 0 Å². The second-order valence-corrected chi connectivity index (χ2v) is 6.77. The third-order valence-corrected chi connectivity index (χ3v) is 4.61. The molecule has 5 nitrogen and oxygen atoms in total. The number of nitrogens with zero attached hydrogens (tertiary/aromatic N) is 1. The van der Waals surface area contributed by atoms with Crippen molar-refractivity contribution in [3.63, 3.8) is 0 Å². The van der Waals surface area contributed by atoms with E-state index in [1.165, 1.54) is 26.2 Å². The van der Waals surface area contributed by atoms with Crippen LogP contribution in [0.25, 0.3) is 0 Å². The normalized spacial score (nSPS) is 15.7. The first-order valence-electron chi connectivity index (χ1n) is 5.62. The van der Waals surface area contributed by atoms with Gasteiger partial charge in [0.05, 0.1) is 10.5 Å². The van der Waals surface area contributed by atoms with Gasteiger partial charge in [-0.05, 0) is 31.7 Å². The van der Waals surface area contributed by atoms with Gasteiger partial charge in [0.2, 0.25) is 10.0 Å². The number of hydrogen-bond donors (Lipinski definition) is 2. The van der Waals surface area contributed by atoms with Crippen molar-refractivity contribution in [2.45, 2.75) is 17.4 Å². The second-order valence-electron chi connectivity index (χ2n) is 4.62. The zero-order chi connectivity index (χ0) is 14.0. The lowest BCUT2D eigenvalue weighted by Gasteiger charge is -2.23. The molecule has 0 aliphatic heterocycles. The highest BCUT2D eigenvalue weighted by Gasteiger charge is 2.23. The van der Waals surface area contributed by atoms with E-state index in [1.807, 2.05) is 0 Å². The molecule has 0 amide bonds. The first-order valence-corrected chi connectivity index (χ1v) is 7.06. The van der Waals surface area contributed by atoms with E-state index in [-0.39, 0.29) is 4.90 Å². The quantitative estimate of drug-likeness (QED) is 0.812. The molecular formula is C12H20N2O3S. The molecule has 0 radical (unpaired) electrons.